The van der Waals surface area contributed by atoms with Crippen LogP contribution in [0.1, 0.15) is 34.6 Å². The van der Waals surface area contributed by atoms with Crippen LogP contribution in [0.2, 0.25) is 0 Å². The SMILES string of the molecule is Cc1ccc(Cn2cc(Br)c(NC(=O)c3ccn(C(C)C(=O)O)n3)n2)cc1. The molecule has 1 amide bonds. The third kappa shape index (κ3) is 4.43. The quantitative estimate of drug-likeness (QED) is 0.624. The molecule has 0 saturated heterocycles. The predicted molar refractivity (Wildman–Crippen MR) is 103 cm³/mol. The lowest BCUT2D eigenvalue weighted by atomic mass is 10.1. The average molecular weight is 432 g/mol. The van der Waals surface area contributed by atoms with Crippen molar-refractivity contribution < 1.29 is 14.7 Å². The fourth-order valence-electron chi connectivity index (χ4n) is 2.40. The molecule has 0 radical (unpaired) electrons. The van der Waals surface area contributed by atoms with Crippen LogP contribution in [0, 0.1) is 6.92 Å². The molecule has 0 bridgehead atoms. The summed E-state index contributed by atoms with van der Waals surface area (Å²) in [6.45, 7) is 4.08. The molecular weight excluding hydrogens is 414 g/mol. The molecule has 0 aliphatic carbocycles. The molecule has 0 spiro atoms. The highest BCUT2D eigenvalue weighted by molar-refractivity contribution is 9.10. The largest absolute Gasteiger partial charge is 0.480 e. The van der Waals surface area contributed by atoms with Crippen LogP contribution < -0.4 is 5.32 Å². The van der Waals surface area contributed by atoms with E-state index in [1.807, 2.05) is 31.2 Å². The zero-order valence-corrected chi connectivity index (χ0v) is 16.3. The Kier molecular flexibility index (Phi) is 5.41. The zero-order valence-electron chi connectivity index (χ0n) is 14.8. The molecule has 0 saturated carbocycles. The maximum absolute atomic E-state index is 12.4. The number of benzene rings is 1. The summed E-state index contributed by atoms with van der Waals surface area (Å²) >= 11 is 3.39. The molecule has 27 heavy (non-hydrogen) atoms. The summed E-state index contributed by atoms with van der Waals surface area (Å²) in [5.74, 6) is -1.12. The number of carboxylic acid groups (broad SMARTS) is 1. The smallest absolute Gasteiger partial charge is 0.328 e. The number of nitrogens with one attached hydrogen (secondary N) is 1. The number of hydrogen-bond donors (Lipinski definition) is 2. The first kappa shape index (κ1) is 18.8. The van der Waals surface area contributed by atoms with Crippen molar-refractivity contribution in [1.82, 2.24) is 19.6 Å². The molecule has 0 fully saturated rings. The van der Waals surface area contributed by atoms with E-state index in [2.05, 4.69) is 31.4 Å². The van der Waals surface area contributed by atoms with Gasteiger partial charge >= 0.3 is 5.97 Å². The molecule has 1 unspecified atom stereocenters. The molecule has 0 aliphatic heterocycles. The summed E-state index contributed by atoms with van der Waals surface area (Å²) in [4.78, 5) is 23.4. The van der Waals surface area contributed by atoms with Gasteiger partial charge in [-0.25, -0.2) is 4.79 Å². The van der Waals surface area contributed by atoms with Crippen LogP contribution in [-0.2, 0) is 11.3 Å². The van der Waals surface area contributed by atoms with Gasteiger partial charge in [-0.2, -0.15) is 10.2 Å². The number of carboxylic acids is 1. The van der Waals surface area contributed by atoms with E-state index in [1.165, 1.54) is 29.4 Å². The Balaban J connectivity index is 1.70. The second-order valence-electron chi connectivity index (χ2n) is 6.16. The van der Waals surface area contributed by atoms with Crippen molar-refractivity contribution in [2.45, 2.75) is 26.4 Å². The lowest BCUT2D eigenvalue weighted by molar-refractivity contribution is -0.140. The maximum Gasteiger partial charge on any atom is 0.328 e. The van der Waals surface area contributed by atoms with Crippen molar-refractivity contribution in [2.75, 3.05) is 5.32 Å². The van der Waals surface area contributed by atoms with E-state index in [-0.39, 0.29) is 5.69 Å². The fraction of sp³-hybridized carbons (Fsp3) is 0.222. The van der Waals surface area contributed by atoms with E-state index in [9.17, 15) is 9.59 Å². The van der Waals surface area contributed by atoms with Gasteiger partial charge in [-0.15, -0.1) is 0 Å². The third-order valence-corrected chi connectivity index (χ3v) is 4.59. The van der Waals surface area contributed by atoms with Crippen LogP contribution in [0.3, 0.4) is 0 Å². The van der Waals surface area contributed by atoms with Gasteiger partial charge in [0.05, 0.1) is 11.0 Å². The molecule has 2 heterocycles. The highest BCUT2D eigenvalue weighted by Crippen LogP contribution is 2.21. The second kappa shape index (κ2) is 7.75. The number of rotatable bonds is 6. The molecule has 9 heteroatoms. The highest BCUT2D eigenvalue weighted by Gasteiger charge is 2.18. The Morgan fingerprint density at radius 2 is 1.93 bits per heavy atom. The fourth-order valence-corrected chi connectivity index (χ4v) is 2.82. The number of nitrogens with zero attached hydrogens (tertiary/aromatic N) is 4. The van der Waals surface area contributed by atoms with Gasteiger partial charge in [-0.05, 0) is 41.4 Å². The summed E-state index contributed by atoms with van der Waals surface area (Å²) in [6.07, 6.45) is 3.24. The number of carbonyl (C=O) groups excluding carboxylic acids is 1. The summed E-state index contributed by atoms with van der Waals surface area (Å²) in [6, 6.07) is 8.73. The number of carbonyl (C=O) groups is 2. The van der Waals surface area contributed by atoms with Gasteiger partial charge in [-0.3, -0.25) is 14.2 Å². The maximum atomic E-state index is 12.4. The number of halogens is 1. The minimum Gasteiger partial charge on any atom is -0.480 e. The van der Waals surface area contributed by atoms with Crippen molar-refractivity contribution in [3.05, 3.63) is 64.0 Å². The molecule has 3 rings (SSSR count). The van der Waals surface area contributed by atoms with Crippen molar-refractivity contribution in [3.8, 4) is 0 Å². The van der Waals surface area contributed by atoms with Crippen LogP contribution in [0.5, 0.6) is 0 Å². The number of amides is 1. The topological polar surface area (TPSA) is 102 Å². The van der Waals surface area contributed by atoms with Gasteiger partial charge in [0.25, 0.3) is 5.91 Å². The summed E-state index contributed by atoms with van der Waals surface area (Å²) < 4.78 is 3.58. The summed E-state index contributed by atoms with van der Waals surface area (Å²) in [5, 5.41) is 20.1. The van der Waals surface area contributed by atoms with Gasteiger partial charge in [0.15, 0.2) is 11.5 Å². The first-order valence-corrected chi connectivity index (χ1v) is 9.00. The van der Waals surface area contributed by atoms with Crippen LogP contribution >= 0.6 is 15.9 Å². The van der Waals surface area contributed by atoms with Crippen molar-refractivity contribution >= 4 is 33.6 Å². The lowest BCUT2D eigenvalue weighted by Gasteiger charge is -2.05. The number of anilines is 1. The van der Waals surface area contributed by atoms with Gasteiger partial charge < -0.3 is 10.4 Å². The average Bonchev–Trinajstić information content (AvgIpc) is 3.24. The normalized spacial score (nSPS) is 12.0. The van der Waals surface area contributed by atoms with E-state index < -0.39 is 17.9 Å². The van der Waals surface area contributed by atoms with Crippen LogP contribution in [0.4, 0.5) is 5.82 Å². The molecule has 2 aromatic heterocycles. The van der Waals surface area contributed by atoms with Crippen molar-refractivity contribution in [1.29, 1.82) is 0 Å². The molecule has 3 aromatic rings. The van der Waals surface area contributed by atoms with E-state index >= 15 is 0 Å². The standard InChI is InChI=1S/C18H18BrN5O3/c1-11-3-5-13(6-4-11)9-23-10-14(19)16(22-23)20-17(25)15-7-8-24(21-15)12(2)18(26)27/h3-8,10,12H,9H2,1-2H3,(H,26,27)(H,20,22,25). The molecule has 1 aromatic carbocycles. The van der Waals surface area contributed by atoms with Crippen molar-refractivity contribution in [2.24, 2.45) is 0 Å². The molecule has 2 N–H and O–H groups in total. The molecule has 0 aliphatic rings. The molecular formula is C18H18BrN5O3. The lowest BCUT2D eigenvalue weighted by Crippen LogP contribution is -2.18. The first-order valence-electron chi connectivity index (χ1n) is 8.21. The van der Waals surface area contributed by atoms with E-state index in [0.29, 0.717) is 16.8 Å². The monoisotopic (exact) mass is 431 g/mol. The van der Waals surface area contributed by atoms with Gasteiger partial charge in [0.2, 0.25) is 0 Å². The minimum atomic E-state index is -1.03. The first-order chi connectivity index (χ1) is 12.8. The number of hydrogen-bond acceptors (Lipinski definition) is 4. The number of aryl methyl sites for hydroxylation is 1. The van der Waals surface area contributed by atoms with Crippen molar-refractivity contribution in [3.63, 3.8) is 0 Å². The second-order valence-corrected chi connectivity index (χ2v) is 7.01. The Hall–Kier alpha value is -2.94. The number of aromatic nitrogens is 4. The highest BCUT2D eigenvalue weighted by atomic mass is 79.9. The van der Waals surface area contributed by atoms with E-state index in [1.54, 1.807) is 10.9 Å². The van der Waals surface area contributed by atoms with Crippen LogP contribution in [-0.4, -0.2) is 36.5 Å². The van der Waals surface area contributed by atoms with Crippen LogP contribution in [0.15, 0.2) is 47.2 Å². The molecule has 8 nitrogen and oxygen atoms in total. The Labute approximate surface area is 163 Å². The van der Waals surface area contributed by atoms with E-state index in [0.717, 1.165) is 5.56 Å². The predicted octanol–water partition coefficient (Wildman–Crippen LogP) is 3.10. The van der Waals surface area contributed by atoms with Gasteiger partial charge in [0, 0.05) is 12.4 Å². The minimum absolute atomic E-state index is 0.114. The Morgan fingerprint density at radius 1 is 1.22 bits per heavy atom. The van der Waals surface area contributed by atoms with Gasteiger partial charge in [0.1, 0.15) is 6.04 Å². The third-order valence-electron chi connectivity index (χ3n) is 4.01. The number of aliphatic carboxylic acids is 1. The summed E-state index contributed by atoms with van der Waals surface area (Å²) in [7, 11) is 0. The zero-order chi connectivity index (χ0) is 19.6. The van der Waals surface area contributed by atoms with Gasteiger partial charge in [-0.1, -0.05) is 29.8 Å². The molecule has 1 atom stereocenters. The Bertz CT molecular complexity index is 977. The summed E-state index contributed by atoms with van der Waals surface area (Å²) in [5.41, 5.74) is 2.39. The van der Waals surface area contributed by atoms with E-state index in [4.69, 9.17) is 5.11 Å². The Morgan fingerprint density at radius 3 is 2.59 bits per heavy atom. The molecule has 140 valence electrons. The van der Waals surface area contributed by atoms with Crippen LogP contribution in [0.25, 0.3) is 0 Å².